The standard InChI is InChI=1S/C43H30BNO/c1-43(2)33-18-7-5-13-25(33)30-22-32-36-28(38(30)43)16-10-19-34(36)44-39-31(21-23-11-3-4-12-24(23)37(32)39)26-15-9-17-29-40(26)45(44)41-27-14-6-8-20-35(27)46-42(29)41/h3-21,30,32,38H,22H2,1-2H3. The fourth-order valence-corrected chi connectivity index (χ4v) is 11.0. The van der Waals surface area contributed by atoms with Crippen molar-refractivity contribution in [3.8, 4) is 11.1 Å². The number of hydrogen-bond donors (Lipinski definition) is 0. The summed E-state index contributed by atoms with van der Waals surface area (Å²) in [4.78, 5) is 0. The highest BCUT2D eigenvalue weighted by Gasteiger charge is 2.54. The van der Waals surface area contributed by atoms with E-state index in [1.54, 1.807) is 22.3 Å². The number of fused-ring (bicyclic) bond motifs is 15. The summed E-state index contributed by atoms with van der Waals surface area (Å²) in [5.74, 6) is 1.31. The van der Waals surface area contributed by atoms with E-state index in [9.17, 15) is 0 Å². The molecule has 0 saturated carbocycles. The molecule has 8 aromatic rings. The molecule has 2 aromatic heterocycles. The second-order valence-corrected chi connectivity index (χ2v) is 14.8. The van der Waals surface area contributed by atoms with Crippen molar-refractivity contribution < 1.29 is 4.42 Å². The first kappa shape index (κ1) is 24.2. The summed E-state index contributed by atoms with van der Waals surface area (Å²) in [6.07, 6.45) is 1.15. The van der Waals surface area contributed by atoms with Gasteiger partial charge in [-0.15, -0.1) is 0 Å². The van der Waals surface area contributed by atoms with Gasteiger partial charge in [-0.1, -0.05) is 105 Å². The van der Waals surface area contributed by atoms with Gasteiger partial charge in [0.25, 0.3) is 0 Å². The van der Waals surface area contributed by atoms with Crippen LogP contribution in [0, 0.1) is 0 Å². The van der Waals surface area contributed by atoms with Crippen LogP contribution in [0.5, 0.6) is 0 Å². The van der Waals surface area contributed by atoms with Crippen molar-refractivity contribution in [1.82, 2.24) is 4.48 Å². The highest BCUT2D eigenvalue weighted by Crippen LogP contribution is 2.63. The van der Waals surface area contributed by atoms with Gasteiger partial charge in [0.1, 0.15) is 5.58 Å². The summed E-state index contributed by atoms with van der Waals surface area (Å²) in [5, 5.41) is 5.17. The molecule has 0 radical (unpaired) electrons. The van der Waals surface area contributed by atoms with E-state index in [1.807, 2.05) is 0 Å². The number of rotatable bonds is 0. The summed E-state index contributed by atoms with van der Waals surface area (Å²) >= 11 is 0. The van der Waals surface area contributed by atoms with Gasteiger partial charge in [0.15, 0.2) is 5.58 Å². The van der Waals surface area contributed by atoms with Gasteiger partial charge in [-0.2, -0.15) is 0 Å². The van der Waals surface area contributed by atoms with Crippen LogP contribution < -0.4 is 10.9 Å². The van der Waals surface area contributed by atoms with Crippen LogP contribution in [0.25, 0.3) is 54.9 Å². The Morgan fingerprint density at radius 1 is 0.696 bits per heavy atom. The van der Waals surface area contributed by atoms with Gasteiger partial charge in [0.2, 0.25) is 0 Å². The molecule has 6 aromatic carbocycles. The van der Waals surface area contributed by atoms with Gasteiger partial charge >= 0.3 is 6.85 Å². The number of nitrogens with zero attached hydrogens (tertiary/aromatic N) is 1. The quantitative estimate of drug-likeness (QED) is 0.162. The Bertz CT molecular complexity index is 2690. The van der Waals surface area contributed by atoms with Crippen LogP contribution in [-0.4, -0.2) is 11.3 Å². The summed E-state index contributed by atoms with van der Waals surface area (Å²) < 4.78 is 9.39. The number of hydrogen-bond acceptors (Lipinski definition) is 1. The monoisotopic (exact) mass is 587 g/mol. The molecular weight excluding hydrogens is 557 g/mol. The lowest BCUT2D eigenvalue weighted by molar-refractivity contribution is 0.358. The van der Waals surface area contributed by atoms with Crippen LogP contribution in [0.4, 0.5) is 0 Å². The second kappa shape index (κ2) is 7.85. The fraction of sp³-hybridized carbons (Fsp3) is 0.163. The van der Waals surface area contributed by atoms with Gasteiger partial charge in [0.05, 0.1) is 5.52 Å². The van der Waals surface area contributed by atoms with Crippen molar-refractivity contribution >= 4 is 61.5 Å². The van der Waals surface area contributed by atoms with Crippen LogP contribution in [0.1, 0.15) is 65.8 Å². The summed E-state index contributed by atoms with van der Waals surface area (Å²) in [7, 11) is 0. The Hall–Kier alpha value is -5.02. The smallest absolute Gasteiger partial charge is 0.329 e. The first-order chi connectivity index (χ1) is 22.6. The minimum Gasteiger partial charge on any atom is -0.454 e. The number of benzene rings is 6. The first-order valence-corrected chi connectivity index (χ1v) is 16.8. The molecule has 0 spiro atoms. The summed E-state index contributed by atoms with van der Waals surface area (Å²) in [6.45, 7) is 5.07. The van der Waals surface area contributed by atoms with E-state index in [0.29, 0.717) is 17.8 Å². The lowest BCUT2D eigenvalue weighted by atomic mass is 9.39. The molecule has 2 nitrogen and oxygen atoms in total. The molecule has 2 aliphatic heterocycles. The van der Waals surface area contributed by atoms with Crippen LogP contribution >= 0.6 is 0 Å². The van der Waals surface area contributed by atoms with Crippen LogP contribution in [0.3, 0.4) is 0 Å². The lowest BCUT2D eigenvalue weighted by Gasteiger charge is -2.46. The molecule has 0 N–H and O–H groups in total. The molecule has 3 heteroatoms. The average molecular weight is 588 g/mol. The maximum atomic E-state index is 6.71. The molecule has 4 heterocycles. The van der Waals surface area contributed by atoms with Crippen molar-refractivity contribution in [2.45, 2.75) is 43.4 Å². The maximum absolute atomic E-state index is 6.71. The molecule has 0 amide bonds. The maximum Gasteiger partial charge on any atom is 0.329 e. The predicted molar refractivity (Wildman–Crippen MR) is 190 cm³/mol. The van der Waals surface area contributed by atoms with E-state index < -0.39 is 0 Å². The zero-order valence-electron chi connectivity index (χ0n) is 25.8. The van der Waals surface area contributed by atoms with Gasteiger partial charge in [0, 0.05) is 33.7 Å². The van der Waals surface area contributed by atoms with Gasteiger partial charge in [-0.05, 0) is 97.1 Å². The molecule has 0 saturated heterocycles. The molecular formula is C43H30BNO. The zero-order valence-corrected chi connectivity index (χ0v) is 25.8. The third-order valence-electron chi connectivity index (χ3n) is 12.5. The van der Waals surface area contributed by atoms with Crippen molar-refractivity contribution in [3.05, 3.63) is 143 Å². The molecule has 0 bridgehead atoms. The Morgan fingerprint density at radius 3 is 2.39 bits per heavy atom. The third kappa shape index (κ3) is 2.57. The molecule has 3 atom stereocenters. The molecule has 0 fully saturated rings. The molecule has 3 unspecified atom stereocenters. The first-order valence-electron chi connectivity index (χ1n) is 16.8. The van der Waals surface area contributed by atoms with Crippen molar-refractivity contribution in [1.29, 1.82) is 0 Å². The SMILES string of the molecule is CC1(C)c2ccccc2C2CC3c4c(cccc4C21)B1c2c(cc4ccccc4c23)-c2cccc3c4oc5ccccc5c4n1c23. The van der Waals surface area contributed by atoms with Crippen LogP contribution in [0.2, 0.25) is 0 Å². The van der Waals surface area contributed by atoms with Crippen LogP contribution in [0.15, 0.2) is 120 Å². The minimum atomic E-state index is 0.0689. The van der Waals surface area contributed by atoms with E-state index in [4.69, 9.17) is 4.42 Å². The third-order valence-corrected chi connectivity index (χ3v) is 12.5. The number of aromatic nitrogens is 1. The second-order valence-electron chi connectivity index (χ2n) is 14.8. The zero-order chi connectivity index (χ0) is 30.1. The van der Waals surface area contributed by atoms with E-state index >= 15 is 0 Å². The molecule has 4 aliphatic rings. The highest BCUT2D eigenvalue weighted by atomic mass is 16.3. The predicted octanol–water partition coefficient (Wildman–Crippen LogP) is 9.34. The van der Waals surface area contributed by atoms with Gasteiger partial charge in [-0.25, -0.2) is 0 Å². The number of para-hydroxylation sites is 2. The molecule has 12 rings (SSSR count). The fourth-order valence-electron chi connectivity index (χ4n) is 11.0. The Morgan fingerprint density at radius 2 is 1.46 bits per heavy atom. The summed E-state index contributed by atoms with van der Waals surface area (Å²) in [5.41, 5.74) is 18.1. The van der Waals surface area contributed by atoms with E-state index in [2.05, 4.69) is 134 Å². The van der Waals surface area contributed by atoms with Crippen LogP contribution in [-0.2, 0) is 5.41 Å². The van der Waals surface area contributed by atoms with Gasteiger partial charge in [-0.3, -0.25) is 0 Å². The molecule has 46 heavy (non-hydrogen) atoms. The number of furan rings is 1. The average Bonchev–Trinajstić information content (AvgIpc) is 3.70. The summed E-state index contributed by atoms with van der Waals surface area (Å²) in [6, 6.07) is 43.7. The largest absolute Gasteiger partial charge is 0.454 e. The van der Waals surface area contributed by atoms with Gasteiger partial charge < -0.3 is 8.90 Å². The Kier molecular flexibility index (Phi) is 4.14. The van der Waals surface area contributed by atoms with Crippen molar-refractivity contribution in [2.75, 3.05) is 0 Å². The highest BCUT2D eigenvalue weighted by molar-refractivity contribution is 6.88. The molecule has 2 aliphatic carbocycles. The topological polar surface area (TPSA) is 18.1 Å². The van der Waals surface area contributed by atoms with Crippen molar-refractivity contribution in [2.24, 2.45) is 0 Å². The van der Waals surface area contributed by atoms with E-state index in [1.165, 1.54) is 60.2 Å². The van der Waals surface area contributed by atoms with E-state index in [0.717, 1.165) is 17.6 Å². The van der Waals surface area contributed by atoms with E-state index in [-0.39, 0.29) is 12.3 Å². The lowest BCUT2D eigenvalue weighted by Crippen LogP contribution is -2.58. The normalized spacial score (nSPS) is 21.1. The van der Waals surface area contributed by atoms with Crippen molar-refractivity contribution in [3.63, 3.8) is 0 Å². The minimum absolute atomic E-state index is 0.0689. The molecule has 216 valence electrons. The Balaban J connectivity index is 1.28. The Labute approximate surface area is 267 Å².